The number of carbonyl (C=O) groups excluding carboxylic acids is 1. The molecule has 0 N–H and O–H groups in total. The largest absolute Gasteiger partial charge is 0.344 e. The van der Waals surface area contributed by atoms with Crippen LogP contribution in [0, 0.1) is 5.41 Å². The van der Waals surface area contributed by atoms with Crippen LogP contribution in [0.2, 0.25) is 0 Å². The van der Waals surface area contributed by atoms with Crippen molar-refractivity contribution in [2.24, 2.45) is 5.41 Å². The predicted octanol–water partition coefficient (Wildman–Crippen LogP) is 3.54. The van der Waals surface area contributed by atoms with Crippen molar-refractivity contribution in [3.05, 3.63) is 35.4 Å². The Labute approximate surface area is 115 Å². The number of hydrogen-bond acceptors (Lipinski definition) is 1. The summed E-state index contributed by atoms with van der Waals surface area (Å²) in [4.78, 5) is 12.6. The van der Waals surface area contributed by atoms with Crippen molar-refractivity contribution < 1.29 is 4.79 Å². The molecule has 1 saturated heterocycles. The summed E-state index contributed by atoms with van der Waals surface area (Å²) in [6.45, 7) is 6.47. The standard InChI is InChI=1S/C17H23NO/c1-13(2)14-4-3-5-15(8-14)16-6-7-17(9-16)10-18(11-17)12-19/h3-5,8,12-13,16H,6-7,9-11H2,1-2H3/t16-/m0/s1. The monoisotopic (exact) mass is 257 g/mol. The van der Waals surface area contributed by atoms with Gasteiger partial charge < -0.3 is 4.90 Å². The fraction of sp³-hybridized carbons (Fsp3) is 0.588. The summed E-state index contributed by atoms with van der Waals surface area (Å²) >= 11 is 0. The zero-order valence-electron chi connectivity index (χ0n) is 11.9. The average molecular weight is 257 g/mol. The summed E-state index contributed by atoms with van der Waals surface area (Å²) in [5, 5.41) is 0. The third kappa shape index (κ3) is 2.29. The normalized spacial score (nSPS) is 24.8. The lowest BCUT2D eigenvalue weighted by atomic mass is 9.77. The molecule has 2 heteroatoms. The summed E-state index contributed by atoms with van der Waals surface area (Å²) in [7, 11) is 0. The van der Waals surface area contributed by atoms with Gasteiger partial charge in [-0.1, -0.05) is 38.1 Å². The molecule has 19 heavy (non-hydrogen) atoms. The fourth-order valence-electron chi connectivity index (χ4n) is 3.84. The Morgan fingerprint density at radius 2 is 2.16 bits per heavy atom. The Morgan fingerprint density at radius 3 is 2.84 bits per heavy atom. The number of hydrogen-bond donors (Lipinski definition) is 0. The van der Waals surface area contributed by atoms with Crippen LogP contribution in [0.3, 0.4) is 0 Å². The van der Waals surface area contributed by atoms with Crippen LogP contribution in [0.4, 0.5) is 0 Å². The first-order valence-electron chi connectivity index (χ1n) is 7.41. The SMILES string of the molecule is CC(C)c1cccc([C@H]2CCC3(C2)CN(C=O)C3)c1. The highest BCUT2D eigenvalue weighted by molar-refractivity contribution is 5.49. The molecule has 1 aromatic carbocycles. The van der Waals surface area contributed by atoms with Gasteiger partial charge in [-0.15, -0.1) is 0 Å². The van der Waals surface area contributed by atoms with Crippen LogP contribution in [0.5, 0.6) is 0 Å². The summed E-state index contributed by atoms with van der Waals surface area (Å²) < 4.78 is 0. The van der Waals surface area contributed by atoms with Gasteiger partial charge in [-0.05, 0) is 42.2 Å². The van der Waals surface area contributed by atoms with Gasteiger partial charge in [0.15, 0.2) is 0 Å². The maximum absolute atomic E-state index is 10.7. The Kier molecular flexibility index (Phi) is 3.12. The van der Waals surface area contributed by atoms with Crippen LogP contribution in [0.15, 0.2) is 24.3 Å². The van der Waals surface area contributed by atoms with Crippen LogP contribution in [0.25, 0.3) is 0 Å². The van der Waals surface area contributed by atoms with E-state index in [0.717, 1.165) is 19.5 Å². The van der Waals surface area contributed by atoms with E-state index in [0.29, 0.717) is 17.3 Å². The lowest BCUT2D eigenvalue weighted by Gasteiger charge is -2.46. The first-order valence-corrected chi connectivity index (χ1v) is 7.41. The number of carbonyl (C=O) groups is 1. The molecule has 1 atom stereocenters. The van der Waals surface area contributed by atoms with Gasteiger partial charge in [0.25, 0.3) is 0 Å². The van der Waals surface area contributed by atoms with Crippen LogP contribution < -0.4 is 0 Å². The van der Waals surface area contributed by atoms with E-state index >= 15 is 0 Å². The molecular weight excluding hydrogens is 234 g/mol. The zero-order chi connectivity index (χ0) is 13.5. The predicted molar refractivity (Wildman–Crippen MR) is 77.2 cm³/mol. The molecule has 1 aromatic rings. The Hall–Kier alpha value is -1.31. The van der Waals surface area contributed by atoms with Crippen molar-refractivity contribution in [2.75, 3.05) is 13.1 Å². The van der Waals surface area contributed by atoms with Gasteiger partial charge in [-0.2, -0.15) is 0 Å². The van der Waals surface area contributed by atoms with Gasteiger partial charge in [-0.3, -0.25) is 4.79 Å². The van der Waals surface area contributed by atoms with E-state index in [2.05, 4.69) is 38.1 Å². The van der Waals surface area contributed by atoms with Gasteiger partial charge >= 0.3 is 0 Å². The van der Waals surface area contributed by atoms with Crippen molar-refractivity contribution in [3.8, 4) is 0 Å². The minimum absolute atomic E-state index is 0.444. The van der Waals surface area contributed by atoms with Crippen LogP contribution in [-0.4, -0.2) is 24.4 Å². The molecule has 1 aliphatic carbocycles. The number of benzene rings is 1. The molecule has 0 radical (unpaired) electrons. The molecule has 102 valence electrons. The third-order valence-electron chi connectivity index (χ3n) is 4.98. The van der Waals surface area contributed by atoms with Crippen molar-refractivity contribution in [1.29, 1.82) is 0 Å². The lowest BCUT2D eigenvalue weighted by Crippen LogP contribution is -2.54. The molecule has 1 amide bonds. The second kappa shape index (κ2) is 4.66. The number of nitrogens with zero attached hydrogens (tertiary/aromatic N) is 1. The van der Waals surface area contributed by atoms with Gasteiger partial charge in [0.05, 0.1) is 0 Å². The quantitative estimate of drug-likeness (QED) is 0.758. The fourth-order valence-corrected chi connectivity index (χ4v) is 3.84. The Balaban J connectivity index is 1.71. The molecule has 3 rings (SSSR count). The highest BCUT2D eigenvalue weighted by atomic mass is 16.1. The number of likely N-dealkylation sites (tertiary alicyclic amines) is 1. The van der Waals surface area contributed by atoms with Crippen molar-refractivity contribution >= 4 is 6.41 Å². The summed E-state index contributed by atoms with van der Waals surface area (Å²) in [6, 6.07) is 9.11. The third-order valence-corrected chi connectivity index (χ3v) is 4.98. The first-order chi connectivity index (χ1) is 9.12. The van der Waals surface area contributed by atoms with E-state index in [1.807, 2.05) is 4.90 Å². The topological polar surface area (TPSA) is 20.3 Å². The number of amides is 1. The maximum atomic E-state index is 10.7. The van der Waals surface area contributed by atoms with E-state index in [1.165, 1.54) is 30.4 Å². The second-order valence-corrected chi connectivity index (χ2v) is 6.77. The van der Waals surface area contributed by atoms with E-state index in [9.17, 15) is 4.79 Å². The second-order valence-electron chi connectivity index (χ2n) is 6.77. The van der Waals surface area contributed by atoms with Gasteiger partial charge in [0.2, 0.25) is 6.41 Å². The molecule has 0 bridgehead atoms. The van der Waals surface area contributed by atoms with Crippen molar-refractivity contribution in [2.45, 2.75) is 44.9 Å². The number of rotatable bonds is 3. The summed E-state index contributed by atoms with van der Waals surface area (Å²) in [6.07, 6.45) is 4.83. The van der Waals surface area contributed by atoms with Crippen LogP contribution in [-0.2, 0) is 4.79 Å². The smallest absolute Gasteiger partial charge is 0.209 e. The molecule has 1 aliphatic heterocycles. The minimum Gasteiger partial charge on any atom is -0.344 e. The maximum Gasteiger partial charge on any atom is 0.209 e. The Bertz CT molecular complexity index is 474. The van der Waals surface area contributed by atoms with E-state index in [-0.39, 0.29) is 0 Å². The van der Waals surface area contributed by atoms with Gasteiger partial charge in [0, 0.05) is 18.5 Å². The molecule has 2 fully saturated rings. The van der Waals surface area contributed by atoms with Crippen molar-refractivity contribution in [1.82, 2.24) is 4.90 Å². The molecule has 0 aromatic heterocycles. The molecule has 0 unspecified atom stereocenters. The molecular formula is C17H23NO. The molecule has 2 aliphatic rings. The Morgan fingerprint density at radius 1 is 1.37 bits per heavy atom. The van der Waals surface area contributed by atoms with Gasteiger partial charge in [0.1, 0.15) is 0 Å². The molecule has 2 nitrogen and oxygen atoms in total. The van der Waals surface area contributed by atoms with Crippen LogP contribution in [0.1, 0.15) is 56.1 Å². The van der Waals surface area contributed by atoms with Crippen LogP contribution >= 0.6 is 0 Å². The van der Waals surface area contributed by atoms with Gasteiger partial charge in [-0.25, -0.2) is 0 Å². The highest BCUT2D eigenvalue weighted by Gasteiger charge is 2.47. The average Bonchev–Trinajstić information content (AvgIpc) is 2.82. The first kappa shape index (κ1) is 12.7. The summed E-state index contributed by atoms with van der Waals surface area (Å²) in [5.41, 5.74) is 3.40. The summed E-state index contributed by atoms with van der Waals surface area (Å²) in [5.74, 6) is 1.30. The molecule has 1 heterocycles. The van der Waals surface area contributed by atoms with Crippen molar-refractivity contribution in [3.63, 3.8) is 0 Å². The zero-order valence-corrected chi connectivity index (χ0v) is 11.9. The van der Waals surface area contributed by atoms with E-state index in [1.54, 1.807) is 0 Å². The minimum atomic E-state index is 0.444. The molecule has 1 saturated carbocycles. The van der Waals surface area contributed by atoms with E-state index < -0.39 is 0 Å². The molecule has 1 spiro atoms. The lowest BCUT2D eigenvalue weighted by molar-refractivity contribution is -0.129. The highest BCUT2D eigenvalue weighted by Crippen LogP contribution is 2.51. The van der Waals surface area contributed by atoms with E-state index in [4.69, 9.17) is 0 Å².